The number of rotatable bonds is 4. The Morgan fingerprint density at radius 1 is 1.22 bits per heavy atom. The molecule has 1 nitrogen and oxygen atoms in total. The zero-order chi connectivity index (χ0) is 13.2. The van der Waals surface area contributed by atoms with Crippen LogP contribution in [-0.4, -0.2) is 12.7 Å². The van der Waals surface area contributed by atoms with Crippen LogP contribution in [0, 0.1) is 0 Å². The van der Waals surface area contributed by atoms with Crippen molar-refractivity contribution >= 4 is 0 Å². The molecule has 0 aromatic heterocycles. The number of fused-ring (bicyclic) bond motifs is 1. The van der Waals surface area contributed by atoms with E-state index in [-0.39, 0.29) is 12.6 Å². The van der Waals surface area contributed by atoms with E-state index in [1.54, 1.807) is 0 Å². The number of nitrogens with one attached hydrogen (secondary N) is 1. The van der Waals surface area contributed by atoms with Crippen LogP contribution in [0.25, 0.3) is 0 Å². The first kappa shape index (κ1) is 13.4. The van der Waals surface area contributed by atoms with Crippen molar-refractivity contribution in [1.82, 2.24) is 5.32 Å². The van der Waals surface area contributed by atoms with Gasteiger partial charge in [-0.2, -0.15) is 13.2 Å². The maximum absolute atomic E-state index is 12.0. The Kier molecular flexibility index (Phi) is 3.95. The molecule has 1 unspecified atom stereocenters. The van der Waals surface area contributed by atoms with Crippen LogP contribution in [0.4, 0.5) is 13.2 Å². The third kappa shape index (κ3) is 3.48. The van der Waals surface area contributed by atoms with E-state index in [0.717, 1.165) is 18.4 Å². The molecule has 0 radical (unpaired) electrons. The van der Waals surface area contributed by atoms with E-state index >= 15 is 0 Å². The molecule has 0 spiro atoms. The van der Waals surface area contributed by atoms with Gasteiger partial charge >= 0.3 is 6.18 Å². The van der Waals surface area contributed by atoms with Crippen molar-refractivity contribution in [3.8, 4) is 0 Å². The Labute approximate surface area is 105 Å². The molecule has 0 saturated carbocycles. The zero-order valence-corrected chi connectivity index (χ0v) is 10.5. The highest BCUT2D eigenvalue weighted by atomic mass is 19.4. The summed E-state index contributed by atoms with van der Waals surface area (Å²) in [6.07, 6.45) is -1.44. The maximum Gasteiger partial charge on any atom is 0.390 e. The fourth-order valence-electron chi connectivity index (χ4n) is 2.41. The van der Waals surface area contributed by atoms with E-state index in [9.17, 15) is 13.2 Å². The zero-order valence-electron chi connectivity index (χ0n) is 10.5. The molecule has 1 aromatic rings. The van der Waals surface area contributed by atoms with E-state index in [1.165, 1.54) is 17.5 Å². The average molecular weight is 257 g/mol. The molecule has 2 rings (SSSR count). The summed E-state index contributed by atoms with van der Waals surface area (Å²) < 4.78 is 36.1. The topological polar surface area (TPSA) is 12.0 Å². The summed E-state index contributed by atoms with van der Waals surface area (Å²) in [4.78, 5) is 0. The molecule has 0 saturated heterocycles. The van der Waals surface area contributed by atoms with Crippen molar-refractivity contribution in [2.24, 2.45) is 0 Å². The first-order chi connectivity index (χ1) is 8.46. The Morgan fingerprint density at radius 3 is 2.67 bits per heavy atom. The summed E-state index contributed by atoms with van der Waals surface area (Å²) in [7, 11) is 0. The fourth-order valence-corrected chi connectivity index (χ4v) is 2.41. The molecule has 18 heavy (non-hydrogen) atoms. The van der Waals surface area contributed by atoms with Crippen LogP contribution in [0.15, 0.2) is 18.2 Å². The lowest BCUT2D eigenvalue weighted by atomic mass is 10.0. The molecule has 4 heteroatoms. The van der Waals surface area contributed by atoms with Crippen molar-refractivity contribution in [2.45, 2.75) is 44.8 Å². The third-order valence-electron chi connectivity index (χ3n) is 3.48. The van der Waals surface area contributed by atoms with Gasteiger partial charge in [-0.05, 0) is 42.9 Å². The monoisotopic (exact) mass is 257 g/mol. The SMILES string of the molecule is CC(NCCC(F)(F)F)c1ccc2c(c1)CCC2. The molecule has 0 heterocycles. The highest BCUT2D eigenvalue weighted by molar-refractivity contribution is 5.36. The minimum Gasteiger partial charge on any atom is -0.310 e. The van der Waals surface area contributed by atoms with E-state index < -0.39 is 12.6 Å². The minimum atomic E-state index is -4.08. The molecule has 1 aliphatic carbocycles. The van der Waals surface area contributed by atoms with Gasteiger partial charge in [-0.15, -0.1) is 0 Å². The van der Waals surface area contributed by atoms with Gasteiger partial charge in [0.25, 0.3) is 0 Å². The van der Waals surface area contributed by atoms with Crippen molar-refractivity contribution < 1.29 is 13.2 Å². The molecule has 0 fully saturated rings. The molecule has 0 amide bonds. The van der Waals surface area contributed by atoms with Crippen LogP contribution in [0.5, 0.6) is 0 Å². The second-order valence-electron chi connectivity index (χ2n) is 4.92. The number of hydrogen-bond acceptors (Lipinski definition) is 1. The highest BCUT2D eigenvalue weighted by Crippen LogP contribution is 2.25. The number of benzene rings is 1. The largest absolute Gasteiger partial charge is 0.390 e. The van der Waals surface area contributed by atoms with Crippen LogP contribution < -0.4 is 5.32 Å². The number of hydrogen-bond donors (Lipinski definition) is 1. The Morgan fingerprint density at radius 2 is 1.94 bits per heavy atom. The summed E-state index contributed by atoms with van der Waals surface area (Å²) in [6, 6.07) is 6.24. The highest BCUT2D eigenvalue weighted by Gasteiger charge is 2.26. The Bertz CT molecular complexity index is 412. The number of alkyl halides is 3. The van der Waals surface area contributed by atoms with E-state index in [4.69, 9.17) is 0 Å². The first-order valence-corrected chi connectivity index (χ1v) is 6.37. The van der Waals surface area contributed by atoms with Crippen LogP contribution in [-0.2, 0) is 12.8 Å². The van der Waals surface area contributed by atoms with Gasteiger partial charge in [0, 0.05) is 12.6 Å². The molecule has 1 aliphatic rings. The van der Waals surface area contributed by atoms with Crippen LogP contribution in [0.3, 0.4) is 0 Å². The van der Waals surface area contributed by atoms with Gasteiger partial charge in [-0.3, -0.25) is 0 Å². The predicted octanol–water partition coefficient (Wildman–Crippen LogP) is 3.78. The normalized spacial score (nSPS) is 16.7. The number of aryl methyl sites for hydroxylation is 2. The molecule has 0 aliphatic heterocycles. The van der Waals surface area contributed by atoms with Crippen LogP contribution in [0.2, 0.25) is 0 Å². The molecule has 0 bridgehead atoms. The van der Waals surface area contributed by atoms with Crippen LogP contribution in [0.1, 0.15) is 42.5 Å². The van der Waals surface area contributed by atoms with Gasteiger partial charge in [-0.1, -0.05) is 18.2 Å². The summed E-state index contributed by atoms with van der Waals surface area (Å²) in [5.41, 5.74) is 3.83. The van der Waals surface area contributed by atoms with Crippen molar-refractivity contribution in [2.75, 3.05) is 6.54 Å². The third-order valence-corrected chi connectivity index (χ3v) is 3.48. The Balaban J connectivity index is 1.91. The lowest BCUT2D eigenvalue weighted by Crippen LogP contribution is -2.24. The van der Waals surface area contributed by atoms with Gasteiger partial charge in [-0.25, -0.2) is 0 Å². The van der Waals surface area contributed by atoms with E-state index in [2.05, 4.69) is 17.4 Å². The minimum absolute atomic E-state index is 0.0260. The average Bonchev–Trinajstić information content (AvgIpc) is 2.73. The summed E-state index contributed by atoms with van der Waals surface area (Å²) in [5, 5.41) is 2.93. The van der Waals surface area contributed by atoms with Gasteiger partial charge in [0.15, 0.2) is 0 Å². The second-order valence-corrected chi connectivity index (χ2v) is 4.92. The molecule has 1 N–H and O–H groups in total. The maximum atomic E-state index is 12.0. The van der Waals surface area contributed by atoms with Gasteiger partial charge in [0.2, 0.25) is 0 Å². The van der Waals surface area contributed by atoms with Gasteiger partial charge in [0.05, 0.1) is 6.42 Å². The van der Waals surface area contributed by atoms with E-state index in [0.29, 0.717) is 0 Å². The lowest BCUT2D eigenvalue weighted by molar-refractivity contribution is -0.133. The summed E-state index contributed by atoms with van der Waals surface area (Å²) in [5.74, 6) is 0. The standard InChI is InChI=1S/C14H18F3N/c1-10(18-8-7-14(15,16)17)12-6-5-11-3-2-4-13(11)9-12/h5-6,9-10,18H,2-4,7-8H2,1H3. The summed E-state index contributed by atoms with van der Waals surface area (Å²) in [6.45, 7) is 1.88. The van der Waals surface area contributed by atoms with Crippen molar-refractivity contribution in [1.29, 1.82) is 0 Å². The van der Waals surface area contributed by atoms with E-state index in [1.807, 2.05) is 13.0 Å². The first-order valence-electron chi connectivity index (χ1n) is 6.37. The molecular formula is C14H18F3N. The smallest absolute Gasteiger partial charge is 0.310 e. The molecular weight excluding hydrogens is 239 g/mol. The summed E-state index contributed by atoms with van der Waals surface area (Å²) >= 11 is 0. The van der Waals surface area contributed by atoms with Gasteiger partial charge < -0.3 is 5.32 Å². The Hall–Kier alpha value is -1.03. The molecule has 1 atom stereocenters. The quantitative estimate of drug-likeness (QED) is 0.865. The van der Waals surface area contributed by atoms with Crippen molar-refractivity contribution in [3.63, 3.8) is 0 Å². The molecule has 100 valence electrons. The second kappa shape index (κ2) is 5.31. The molecule has 1 aromatic carbocycles. The van der Waals surface area contributed by atoms with Crippen molar-refractivity contribution in [3.05, 3.63) is 34.9 Å². The number of halogens is 3. The lowest BCUT2D eigenvalue weighted by Gasteiger charge is -2.16. The predicted molar refractivity (Wildman–Crippen MR) is 65.6 cm³/mol. The fraction of sp³-hybridized carbons (Fsp3) is 0.571. The van der Waals surface area contributed by atoms with Gasteiger partial charge in [0.1, 0.15) is 0 Å². The van der Waals surface area contributed by atoms with Crippen LogP contribution >= 0.6 is 0 Å².